The predicted octanol–water partition coefficient (Wildman–Crippen LogP) is 5.86. The molecule has 0 spiro atoms. The van der Waals surface area contributed by atoms with Crippen LogP contribution in [0.3, 0.4) is 0 Å². The van der Waals surface area contributed by atoms with Gasteiger partial charge in [0, 0.05) is 36.6 Å². The Morgan fingerprint density at radius 1 is 1.03 bits per heavy atom. The van der Waals surface area contributed by atoms with Crippen molar-refractivity contribution < 1.29 is 4.79 Å². The van der Waals surface area contributed by atoms with E-state index in [1.54, 1.807) is 0 Å². The van der Waals surface area contributed by atoms with Crippen molar-refractivity contribution in [2.45, 2.75) is 65.4 Å². The van der Waals surface area contributed by atoms with Crippen molar-refractivity contribution in [1.82, 2.24) is 14.8 Å². The van der Waals surface area contributed by atoms with Crippen LogP contribution in [-0.2, 0) is 11.3 Å². The van der Waals surface area contributed by atoms with Gasteiger partial charge in [-0.1, -0.05) is 29.5 Å². The number of aromatic nitrogens is 3. The van der Waals surface area contributed by atoms with E-state index < -0.39 is 0 Å². The first-order valence-electron chi connectivity index (χ1n) is 11.6. The highest BCUT2D eigenvalue weighted by Crippen LogP contribution is 2.29. The number of aryl methyl sites for hydroxylation is 3. The Hall–Kier alpha value is -2.80. The van der Waals surface area contributed by atoms with E-state index in [0.29, 0.717) is 0 Å². The van der Waals surface area contributed by atoms with Gasteiger partial charge in [0.25, 0.3) is 0 Å². The number of nitrogens with one attached hydrogen (secondary N) is 1. The number of hydrogen-bond donors (Lipinski definition) is 1. The predicted molar refractivity (Wildman–Crippen MR) is 139 cm³/mol. The van der Waals surface area contributed by atoms with Crippen LogP contribution in [0.1, 0.15) is 44.4 Å². The van der Waals surface area contributed by atoms with Crippen LogP contribution in [0.2, 0.25) is 0 Å². The second-order valence-electron chi connectivity index (χ2n) is 8.29. The smallest absolute Gasteiger partial charge is 0.237 e. The van der Waals surface area contributed by atoms with Crippen LogP contribution in [0.4, 0.5) is 11.4 Å². The third-order valence-corrected chi connectivity index (χ3v) is 6.94. The quantitative estimate of drug-likeness (QED) is 0.401. The lowest BCUT2D eigenvalue weighted by Gasteiger charge is -2.21. The number of thioether (sulfide) groups is 1. The number of nitrogens with zero attached hydrogens (tertiary/aromatic N) is 4. The van der Waals surface area contributed by atoms with Crippen LogP contribution in [0.25, 0.3) is 11.4 Å². The number of amides is 1. The van der Waals surface area contributed by atoms with E-state index in [0.717, 1.165) is 53.0 Å². The highest BCUT2D eigenvalue weighted by Gasteiger charge is 2.21. The van der Waals surface area contributed by atoms with Gasteiger partial charge in [0.1, 0.15) is 0 Å². The number of benzene rings is 2. The molecule has 0 fully saturated rings. The first-order valence-corrected chi connectivity index (χ1v) is 12.5. The maximum Gasteiger partial charge on any atom is 0.237 e. The molecule has 0 saturated heterocycles. The van der Waals surface area contributed by atoms with Gasteiger partial charge in [0.05, 0.1) is 5.25 Å². The molecule has 0 aliphatic carbocycles. The number of carbonyl (C=O) groups is 1. The van der Waals surface area contributed by atoms with Crippen LogP contribution in [0, 0.1) is 20.8 Å². The van der Waals surface area contributed by atoms with Gasteiger partial charge in [-0.2, -0.15) is 0 Å². The van der Waals surface area contributed by atoms with Gasteiger partial charge in [0.2, 0.25) is 5.91 Å². The molecule has 33 heavy (non-hydrogen) atoms. The molecule has 1 heterocycles. The molecule has 0 bridgehead atoms. The Morgan fingerprint density at radius 2 is 1.64 bits per heavy atom. The summed E-state index contributed by atoms with van der Waals surface area (Å²) in [5.41, 5.74) is 6.46. The minimum atomic E-state index is -0.308. The summed E-state index contributed by atoms with van der Waals surface area (Å²) in [7, 11) is 0. The number of anilines is 2. The van der Waals surface area contributed by atoms with Crippen molar-refractivity contribution in [2.24, 2.45) is 0 Å². The summed E-state index contributed by atoms with van der Waals surface area (Å²) in [6.45, 7) is 17.1. The number of carbonyl (C=O) groups excluding carboxylic acids is 1. The summed E-state index contributed by atoms with van der Waals surface area (Å²) in [6, 6.07) is 12.6. The minimum Gasteiger partial charge on any atom is -0.372 e. The van der Waals surface area contributed by atoms with Crippen LogP contribution in [0.5, 0.6) is 0 Å². The Morgan fingerprint density at radius 3 is 2.18 bits per heavy atom. The van der Waals surface area contributed by atoms with Gasteiger partial charge in [-0.3, -0.25) is 4.79 Å². The summed E-state index contributed by atoms with van der Waals surface area (Å²) >= 11 is 1.44. The molecule has 0 radical (unpaired) electrons. The van der Waals surface area contributed by atoms with Crippen molar-refractivity contribution in [3.8, 4) is 11.4 Å². The third kappa shape index (κ3) is 5.58. The monoisotopic (exact) mass is 465 g/mol. The van der Waals surface area contributed by atoms with E-state index in [4.69, 9.17) is 0 Å². The molecule has 1 atom stereocenters. The Labute approximate surface area is 201 Å². The summed E-state index contributed by atoms with van der Waals surface area (Å²) < 4.78 is 2.07. The van der Waals surface area contributed by atoms with E-state index in [-0.39, 0.29) is 11.2 Å². The number of hydrogen-bond acceptors (Lipinski definition) is 5. The molecular formula is C26H35N5OS. The lowest BCUT2D eigenvalue weighted by Crippen LogP contribution is -2.24. The molecule has 1 aromatic heterocycles. The molecule has 0 aliphatic rings. The maximum atomic E-state index is 12.9. The van der Waals surface area contributed by atoms with E-state index in [2.05, 4.69) is 89.1 Å². The molecule has 1 N–H and O–H groups in total. The minimum absolute atomic E-state index is 0.0363. The first-order chi connectivity index (χ1) is 15.8. The zero-order chi connectivity index (χ0) is 24.1. The van der Waals surface area contributed by atoms with Gasteiger partial charge >= 0.3 is 0 Å². The van der Waals surface area contributed by atoms with E-state index in [9.17, 15) is 4.79 Å². The molecule has 3 rings (SSSR count). The fourth-order valence-corrected chi connectivity index (χ4v) is 5.01. The summed E-state index contributed by atoms with van der Waals surface area (Å²) in [5.74, 6) is 0.787. The van der Waals surface area contributed by atoms with Gasteiger partial charge in [-0.15, -0.1) is 10.2 Å². The second kappa shape index (κ2) is 10.9. The zero-order valence-corrected chi connectivity index (χ0v) is 21.6. The van der Waals surface area contributed by atoms with Crippen LogP contribution in [-0.4, -0.2) is 39.0 Å². The van der Waals surface area contributed by atoms with E-state index in [1.807, 2.05) is 20.8 Å². The summed E-state index contributed by atoms with van der Waals surface area (Å²) in [5, 5.41) is 12.4. The molecule has 1 unspecified atom stereocenters. The van der Waals surface area contributed by atoms with Crippen molar-refractivity contribution in [2.75, 3.05) is 23.3 Å². The van der Waals surface area contributed by atoms with Crippen molar-refractivity contribution >= 4 is 29.0 Å². The highest BCUT2D eigenvalue weighted by atomic mass is 32.2. The molecule has 6 nitrogen and oxygen atoms in total. The molecule has 7 heteroatoms. The Kier molecular flexibility index (Phi) is 8.19. The fraction of sp³-hybridized carbons (Fsp3) is 0.423. The van der Waals surface area contributed by atoms with Crippen molar-refractivity contribution in [1.29, 1.82) is 0 Å². The molecule has 0 saturated carbocycles. The highest BCUT2D eigenvalue weighted by molar-refractivity contribution is 8.00. The normalized spacial score (nSPS) is 12.0. The van der Waals surface area contributed by atoms with Gasteiger partial charge in [0.15, 0.2) is 11.0 Å². The van der Waals surface area contributed by atoms with E-state index in [1.165, 1.54) is 23.0 Å². The summed E-state index contributed by atoms with van der Waals surface area (Å²) in [4.78, 5) is 15.3. The first kappa shape index (κ1) is 24.8. The molecule has 3 aromatic rings. The van der Waals surface area contributed by atoms with Gasteiger partial charge in [-0.25, -0.2) is 0 Å². The van der Waals surface area contributed by atoms with Crippen LogP contribution in [0.15, 0.2) is 41.6 Å². The average molecular weight is 466 g/mol. The SMILES string of the molecule is CCN(CC)c1ccc(-c2nnc(SC(C)C(=O)Nc3c(C)cc(C)cc3C)n2CC)cc1. The second-order valence-corrected chi connectivity index (χ2v) is 9.60. The van der Waals surface area contributed by atoms with Crippen LogP contribution < -0.4 is 10.2 Å². The standard InChI is InChI=1S/C26H35N5OS/c1-8-30(9-2)22-13-11-21(12-14-22)24-28-29-26(31(24)10-3)33-20(7)25(32)27-23-18(5)15-17(4)16-19(23)6/h11-16,20H,8-10H2,1-7H3,(H,27,32). The Bertz CT molecular complexity index is 1080. The fourth-order valence-electron chi connectivity index (χ4n) is 4.10. The molecule has 176 valence electrons. The Balaban J connectivity index is 1.76. The molecule has 2 aromatic carbocycles. The van der Waals surface area contributed by atoms with Crippen LogP contribution >= 0.6 is 11.8 Å². The largest absolute Gasteiger partial charge is 0.372 e. The maximum absolute atomic E-state index is 12.9. The van der Waals surface area contributed by atoms with Crippen molar-refractivity contribution in [3.63, 3.8) is 0 Å². The topological polar surface area (TPSA) is 63.1 Å². The summed E-state index contributed by atoms with van der Waals surface area (Å²) in [6.07, 6.45) is 0. The third-order valence-electron chi connectivity index (χ3n) is 5.86. The molecular weight excluding hydrogens is 430 g/mol. The zero-order valence-electron chi connectivity index (χ0n) is 20.8. The van der Waals surface area contributed by atoms with Gasteiger partial charge < -0.3 is 14.8 Å². The molecule has 0 aliphatic heterocycles. The number of rotatable bonds is 9. The van der Waals surface area contributed by atoms with E-state index >= 15 is 0 Å². The average Bonchev–Trinajstić information content (AvgIpc) is 3.19. The van der Waals surface area contributed by atoms with Crippen molar-refractivity contribution in [3.05, 3.63) is 53.1 Å². The lowest BCUT2D eigenvalue weighted by molar-refractivity contribution is -0.115. The lowest BCUT2D eigenvalue weighted by atomic mass is 10.1. The van der Waals surface area contributed by atoms with Gasteiger partial charge in [-0.05, 0) is 83.9 Å². The molecule has 1 amide bonds.